The molecule has 0 N–H and O–H groups in total. The van der Waals surface area contributed by atoms with Crippen LogP contribution < -0.4 is 4.74 Å². The van der Waals surface area contributed by atoms with E-state index in [1.54, 1.807) is 24.3 Å². The van der Waals surface area contributed by atoms with E-state index in [2.05, 4.69) is 4.40 Å². The van der Waals surface area contributed by atoms with Crippen molar-refractivity contribution in [1.29, 1.82) is 0 Å². The van der Waals surface area contributed by atoms with Crippen LogP contribution in [0.15, 0.2) is 71.3 Å². The summed E-state index contributed by atoms with van der Waals surface area (Å²) in [6.45, 7) is 0.390. The van der Waals surface area contributed by atoms with Gasteiger partial charge in [-0.05, 0) is 54.1 Å². The lowest BCUT2D eigenvalue weighted by molar-refractivity contribution is 0.480. The first-order valence-electron chi connectivity index (χ1n) is 8.02. The Morgan fingerprint density at radius 2 is 1.65 bits per heavy atom. The molecule has 0 saturated carbocycles. The number of rotatable bonds is 3. The number of hydrogen-bond donors (Lipinski definition) is 0. The highest BCUT2D eigenvalue weighted by atomic mass is 32.2. The number of hydrogen-bond acceptors (Lipinski definition) is 4. The largest absolute Gasteiger partial charge is 0.457 e. The van der Waals surface area contributed by atoms with Gasteiger partial charge in [-0.3, -0.25) is 0 Å². The van der Waals surface area contributed by atoms with Crippen LogP contribution in [0.3, 0.4) is 0 Å². The number of ether oxygens (including phenoxy) is 1. The lowest BCUT2D eigenvalue weighted by Gasteiger charge is -2.29. The second-order valence-corrected chi connectivity index (χ2v) is 7.65. The summed E-state index contributed by atoms with van der Waals surface area (Å²) in [6.07, 6.45) is 5.53. The van der Waals surface area contributed by atoms with Crippen LogP contribution in [0.2, 0.25) is 0 Å². The number of amidine groups is 1. The van der Waals surface area contributed by atoms with Gasteiger partial charge in [-0.1, -0.05) is 12.1 Å². The average Bonchev–Trinajstić information content (AvgIpc) is 2.63. The van der Waals surface area contributed by atoms with E-state index in [1.807, 2.05) is 35.4 Å². The van der Waals surface area contributed by atoms with Crippen LogP contribution in [0, 0.1) is 5.82 Å². The van der Waals surface area contributed by atoms with E-state index < -0.39 is 10.0 Å². The zero-order valence-electron chi connectivity index (χ0n) is 13.7. The highest BCUT2D eigenvalue weighted by molar-refractivity contribution is 7.90. The maximum atomic E-state index is 12.9. The second-order valence-electron chi connectivity index (χ2n) is 5.90. The van der Waals surface area contributed by atoms with Crippen molar-refractivity contribution in [2.75, 3.05) is 12.3 Å². The molecular weight excluding hydrogens is 355 g/mol. The van der Waals surface area contributed by atoms with E-state index in [1.165, 1.54) is 12.1 Å². The van der Waals surface area contributed by atoms with Crippen molar-refractivity contribution in [2.24, 2.45) is 4.40 Å². The molecule has 0 saturated heterocycles. The van der Waals surface area contributed by atoms with Crippen molar-refractivity contribution in [3.8, 4) is 11.5 Å². The third-order valence-electron chi connectivity index (χ3n) is 4.07. The van der Waals surface area contributed by atoms with E-state index in [4.69, 9.17) is 4.74 Å². The fraction of sp³-hybridized carbons (Fsp3) is 0.105. The Morgan fingerprint density at radius 1 is 1.00 bits per heavy atom. The summed E-state index contributed by atoms with van der Waals surface area (Å²) in [5, 5.41) is 0. The molecule has 0 radical (unpaired) electrons. The molecule has 0 atom stereocenters. The van der Waals surface area contributed by atoms with Crippen molar-refractivity contribution >= 4 is 21.4 Å². The van der Waals surface area contributed by atoms with Crippen molar-refractivity contribution in [3.63, 3.8) is 0 Å². The predicted molar refractivity (Wildman–Crippen MR) is 98.0 cm³/mol. The maximum absolute atomic E-state index is 12.9. The Hall–Kier alpha value is -2.93. The normalized spacial score (nSPS) is 18.0. The summed E-state index contributed by atoms with van der Waals surface area (Å²) >= 11 is 0. The molecule has 0 amide bonds. The van der Waals surface area contributed by atoms with Crippen LogP contribution in [0.5, 0.6) is 11.5 Å². The molecule has 0 bridgehead atoms. The lowest BCUT2D eigenvalue weighted by atomic mass is 10.0. The first-order chi connectivity index (χ1) is 12.5. The molecule has 2 heterocycles. The number of halogens is 1. The monoisotopic (exact) mass is 370 g/mol. The molecule has 4 rings (SSSR count). The minimum Gasteiger partial charge on any atom is -0.457 e. The molecule has 2 aromatic carbocycles. The Bertz CT molecular complexity index is 1020. The SMILES string of the molecule is O=S1(=O)CCN2C=CC=C(c3ccc(Oc4ccc(F)cc4)cc3)C2=N1. The van der Waals surface area contributed by atoms with Crippen molar-refractivity contribution in [3.05, 3.63) is 78.3 Å². The minimum absolute atomic E-state index is 0.0125. The van der Waals surface area contributed by atoms with E-state index in [-0.39, 0.29) is 11.6 Å². The molecular formula is C19H15FN2O3S. The smallest absolute Gasteiger partial charge is 0.256 e. The maximum Gasteiger partial charge on any atom is 0.256 e. The first-order valence-corrected chi connectivity index (χ1v) is 9.63. The summed E-state index contributed by atoms with van der Waals surface area (Å²) in [5.74, 6) is 1.26. The molecule has 0 spiro atoms. The Labute approximate surface area is 150 Å². The summed E-state index contributed by atoms with van der Waals surface area (Å²) < 4.78 is 46.3. The Balaban J connectivity index is 1.60. The van der Waals surface area contributed by atoms with Crippen LogP contribution in [-0.4, -0.2) is 31.5 Å². The van der Waals surface area contributed by atoms with Gasteiger partial charge in [0, 0.05) is 18.3 Å². The van der Waals surface area contributed by atoms with Gasteiger partial charge in [-0.15, -0.1) is 4.40 Å². The minimum atomic E-state index is -3.43. The fourth-order valence-electron chi connectivity index (χ4n) is 2.78. The van der Waals surface area contributed by atoms with E-state index >= 15 is 0 Å². The van der Waals surface area contributed by atoms with E-state index in [0.29, 0.717) is 23.9 Å². The van der Waals surface area contributed by atoms with Crippen molar-refractivity contribution in [1.82, 2.24) is 4.90 Å². The molecule has 132 valence electrons. The molecule has 0 fully saturated rings. The summed E-state index contributed by atoms with van der Waals surface area (Å²) in [6, 6.07) is 13.0. The van der Waals surface area contributed by atoms with Gasteiger partial charge in [0.25, 0.3) is 10.0 Å². The quantitative estimate of drug-likeness (QED) is 0.829. The van der Waals surface area contributed by atoms with Gasteiger partial charge in [0.15, 0.2) is 5.84 Å². The van der Waals surface area contributed by atoms with Gasteiger partial charge < -0.3 is 9.64 Å². The molecule has 0 aliphatic carbocycles. The molecule has 0 aromatic heterocycles. The molecule has 2 aliphatic rings. The summed E-state index contributed by atoms with van der Waals surface area (Å²) in [7, 11) is -3.43. The zero-order valence-corrected chi connectivity index (χ0v) is 14.5. The average molecular weight is 370 g/mol. The predicted octanol–water partition coefficient (Wildman–Crippen LogP) is 3.57. The second kappa shape index (κ2) is 6.42. The first kappa shape index (κ1) is 16.5. The molecule has 26 heavy (non-hydrogen) atoms. The van der Waals surface area contributed by atoms with Crippen LogP contribution in [0.1, 0.15) is 5.56 Å². The molecule has 5 nitrogen and oxygen atoms in total. The fourth-order valence-corrected chi connectivity index (χ4v) is 3.77. The number of sulfonamides is 1. The highest BCUT2D eigenvalue weighted by Gasteiger charge is 2.27. The van der Waals surface area contributed by atoms with Gasteiger partial charge in [0.2, 0.25) is 0 Å². The number of fused-ring (bicyclic) bond motifs is 1. The summed E-state index contributed by atoms with van der Waals surface area (Å²) in [4.78, 5) is 1.83. The van der Waals surface area contributed by atoms with E-state index in [9.17, 15) is 12.8 Å². The number of benzene rings is 2. The molecule has 0 unspecified atom stereocenters. The standard InChI is InChI=1S/C19H15FN2O3S/c20-15-5-9-17(10-6-15)25-16-7-3-14(4-8-16)18-2-1-11-22-12-13-26(23,24)21-19(18)22/h1-11H,12-13H2. The van der Waals surface area contributed by atoms with Crippen LogP contribution >= 0.6 is 0 Å². The van der Waals surface area contributed by atoms with Crippen molar-refractivity contribution < 1.29 is 17.5 Å². The zero-order chi connectivity index (χ0) is 18.1. The van der Waals surface area contributed by atoms with Gasteiger partial charge in [0.1, 0.15) is 17.3 Å². The summed E-state index contributed by atoms with van der Waals surface area (Å²) in [5.41, 5.74) is 1.57. The molecule has 2 aliphatic heterocycles. The third-order valence-corrected chi connectivity index (χ3v) is 5.22. The lowest BCUT2D eigenvalue weighted by Crippen LogP contribution is -2.37. The van der Waals surface area contributed by atoms with Gasteiger partial charge in [-0.2, -0.15) is 0 Å². The Morgan fingerprint density at radius 3 is 2.35 bits per heavy atom. The topological polar surface area (TPSA) is 59.0 Å². The van der Waals surface area contributed by atoms with Crippen molar-refractivity contribution in [2.45, 2.75) is 0 Å². The van der Waals surface area contributed by atoms with Gasteiger partial charge in [0.05, 0.1) is 5.75 Å². The number of nitrogens with zero attached hydrogens (tertiary/aromatic N) is 2. The Kier molecular flexibility index (Phi) is 4.08. The van der Waals surface area contributed by atoms with E-state index in [0.717, 1.165) is 11.1 Å². The third kappa shape index (κ3) is 3.39. The molecule has 7 heteroatoms. The number of allylic oxidation sites excluding steroid dienone is 2. The van der Waals surface area contributed by atoms with Crippen LogP contribution in [0.4, 0.5) is 4.39 Å². The molecule has 2 aromatic rings. The van der Waals surface area contributed by atoms with Gasteiger partial charge >= 0.3 is 0 Å². The highest BCUT2D eigenvalue weighted by Crippen LogP contribution is 2.28. The van der Waals surface area contributed by atoms with Crippen LogP contribution in [0.25, 0.3) is 5.57 Å². The van der Waals surface area contributed by atoms with Crippen LogP contribution in [-0.2, 0) is 10.0 Å². The van der Waals surface area contributed by atoms with Gasteiger partial charge in [-0.25, -0.2) is 12.8 Å².